The van der Waals surface area contributed by atoms with Crippen LogP contribution in [0.15, 0.2) is 30.3 Å². The molecule has 2 unspecified atom stereocenters. The van der Waals surface area contributed by atoms with E-state index >= 15 is 0 Å². The van der Waals surface area contributed by atoms with Gasteiger partial charge in [-0.15, -0.1) is 0 Å². The molecule has 0 aliphatic carbocycles. The van der Waals surface area contributed by atoms with Gasteiger partial charge in [0.2, 0.25) is 5.91 Å². The summed E-state index contributed by atoms with van der Waals surface area (Å²) < 4.78 is 0. The molecule has 1 heterocycles. The molecule has 1 aromatic rings. The first kappa shape index (κ1) is 16.0. The highest BCUT2D eigenvalue weighted by Gasteiger charge is 2.40. The maximum absolute atomic E-state index is 12.7. The van der Waals surface area contributed by atoms with Crippen molar-refractivity contribution in [3.8, 4) is 0 Å². The van der Waals surface area contributed by atoms with Crippen molar-refractivity contribution in [3.63, 3.8) is 0 Å². The standard InChI is InChI=1S/C17H27N3O/c1-5-19(4)11-12-20-16(14-9-7-6-8-10-14)18-15(13(2)3)17(20)21/h6-10,13,15-16,18H,5,11-12H2,1-4H3. The summed E-state index contributed by atoms with van der Waals surface area (Å²) in [6, 6.07) is 10.2. The Morgan fingerprint density at radius 3 is 2.52 bits per heavy atom. The van der Waals surface area contributed by atoms with Crippen molar-refractivity contribution in [1.29, 1.82) is 0 Å². The Kier molecular flexibility index (Phi) is 5.37. The van der Waals surface area contributed by atoms with Gasteiger partial charge in [-0.05, 0) is 25.1 Å². The van der Waals surface area contributed by atoms with E-state index in [9.17, 15) is 4.79 Å². The number of nitrogens with zero attached hydrogens (tertiary/aromatic N) is 2. The summed E-state index contributed by atoms with van der Waals surface area (Å²) in [4.78, 5) is 16.9. The summed E-state index contributed by atoms with van der Waals surface area (Å²) >= 11 is 0. The van der Waals surface area contributed by atoms with E-state index in [0.717, 1.165) is 25.2 Å². The second kappa shape index (κ2) is 7.05. The number of likely N-dealkylation sites (N-methyl/N-ethyl adjacent to an activating group) is 1. The summed E-state index contributed by atoms with van der Waals surface area (Å²) in [5, 5.41) is 3.51. The third kappa shape index (κ3) is 3.63. The van der Waals surface area contributed by atoms with E-state index in [4.69, 9.17) is 0 Å². The van der Waals surface area contributed by atoms with Crippen LogP contribution < -0.4 is 5.32 Å². The summed E-state index contributed by atoms with van der Waals surface area (Å²) in [7, 11) is 2.09. The number of hydrogen-bond donors (Lipinski definition) is 1. The van der Waals surface area contributed by atoms with Gasteiger partial charge in [0.25, 0.3) is 0 Å². The SMILES string of the molecule is CCN(C)CCN1C(=O)C(C(C)C)NC1c1ccccc1. The molecule has 1 saturated heterocycles. The molecule has 0 spiro atoms. The lowest BCUT2D eigenvalue weighted by atomic mass is 10.1. The highest BCUT2D eigenvalue weighted by atomic mass is 16.2. The molecule has 1 aliphatic heterocycles. The van der Waals surface area contributed by atoms with E-state index in [-0.39, 0.29) is 18.1 Å². The summed E-state index contributed by atoms with van der Waals surface area (Å²) in [5.74, 6) is 0.529. The van der Waals surface area contributed by atoms with Crippen LogP contribution in [0.5, 0.6) is 0 Å². The zero-order valence-electron chi connectivity index (χ0n) is 13.5. The lowest BCUT2D eigenvalue weighted by Crippen LogP contribution is -2.38. The largest absolute Gasteiger partial charge is 0.320 e. The van der Waals surface area contributed by atoms with Crippen molar-refractivity contribution in [3.05, 3.63) is 35.9 Å². The van der Waals surface area contributed by atoms with E-state index in [1.54, 1.807) is 0 Å². The zero-order valence-corrected chi connectivity index (χ0v) is 13.5. The van der Waals surface area contributed by atoms with Gasteiger partial charge in [-0.2, -0.15) is 0 Å². The second-order valence-corrected chi connectivity index (χ2v) is 6.13. The number of benzene rings is 1. The van der Waals surface area contributed by atoms with Crippen LogP contribution in [0.4, 0.5) is 0 Å². The Hall–Kier alpha value is -1.39. The minimum absolute atomic E-state index is 0.00337. The highest BCUT2D eigenvalue weighted by Crippen LogP contribution is 2.27. The Labute approximate surface area is 128 Å². The first-order valence-electron chi connectivity index (χ1n) is 7.84. The molecule has 2 atom stereocenters. The van der Waals surface area contributed by atoms with Crippen molar-refractivity contribution in [2.45, 2.75) is 33.0 Å². The van der Waals surface area contributed by atoms with Gasteiger partial charge in [0.15, 0.2) is 0 Å². The molecule has 1 aliphatic rings. The highest BCUT2D eigenvalue weighted by molar-refractivity contribution is 5.84. The van der Waals surface area contributed by atoms with Crippen LogP contribution in [0.3, 0.4) is 0 Å². The lowest BCUT2D eigenvalue weighted by molar-refractivity contribution is -0.131. The third-order valence-corrected chi connectivity index (χ3v) is 4.24. The first-order valence-corrected chi connectivity index (χ1v) is 7.84. The molecule has 0 radical (unpaired) electrons. The summed E-state index contributed by atoms with van der Waals surface area (Å²) in [5.41, 5.74) is 1.16. The van der Waals surface area contributed by atoms with Crippen LogP contribution in [0, 0.1) is 5.92 Å². The topological polar surface area (TPSA) is 35.6 Å². The Morgan fingerprint density at radius 1 is 1.29 bits per heavy atom. The van der Waals surface area contributed by atoms with Crippen LogP contribution in [0.2, 0.25) is 0 Å². The average molecular weight is 289 g/mol. The van der Waals surface area contributed by atoms with Gasteiger partial charge in [0, 0.05) is 13.1 Å². The van der Waals surface area contributed by atoms with Crippen molar-refractivity contribution >= 4 is 5.91 Å². The smallest absolute Gasteiger partial charge is 0.241 e. The quantitative estimate of drug-likeness (QED) is 0.871. The van der Waals surface area contributed by atoms with Gasteiger partial charge in [-0.3, -0.25) is 10.1 Å². The molecule has 116 valence electrons. The number of rotatable bonds is 6. The third-order valence-electron chi connectivity index (χ3n) is 4.24. The second-order valence-electron chi connectivity index (χ2n) is 6.13. The molecule has 4 nitrogen and oxygen atoms in total. The molecular formula is C17H27N3O. The lowest BCUT2D eigenvalue weighted by Gasteiger charge is -2.26. The minimum atomic E-state index is -0.0814. The molecule has 0 bridgehead atoms. The van der Waals surface area contributed by atoms with Gasteiger partial charge < -0.3 is 9.80 Å². The fourth-order valence-corrected chi connectivity index (χ4v) is 2.70. The van der Waals surface area contributed by atoms with Crippen LogP contribution >= 0.6 is 0 Å². The zero-order chi connectivity index (χ0) is 15.4. The van der Waals surface area contributed by atoms with Gasteiger partial charge >= 0.3 is 0 Å². The number of nitrogens with one attached hydrogen (secondary N) is 1. The van der Waals surface area contributed by atoms with Gasteiger partial charge in [-0.25, -0.2) is 0 Å². The molecule has 1 aromatic carbocycles. The van der Waals surface area contributed by atoms with E-state index in [1.165, 1.54) is 0 Å². The molecule has 0 aromatic heterocycles. The Morgan fingerprint density at radius 2 is 1.95 bits per heavy atom. The fraction of sp³-hybridized carbons (Fsp3) is 0.588. The number of amides is 1. The minimum Gasteiger partial charge on any atom is -0.320 e. The molecule has 21 heavy (non-hydrogen) atoms. The molecule has 1 N–H and O–H groups in total. The normalized spacial score (nSPS) is 22.6. The maximum Gasteiger partial charge on any atom is 0.241 e. The van der Waals surface area contributed by atoms with Crippen molar-refractivity contribution in [2.24, 2.45) is 5.92 Å². The fourth-order valence-electron chi connectivity index (χ4n) is 2.70. The predicted molar refractivity (Wildman–Crippen MR) is 85.8 cm³/mol. The number of carbonyl (C=O) groups excluding carboxylic acids is 1. The Balaban J connectivity index is 2.17. The van der Waals surface area contributed by atoms with E-state index < -0.39 is 0 Å². The van der Waals surface area contributed by atoms with Crippen LogP contribution in [-0.4, -0.2) is 48.4 Å². The molecule has 2 rings (SSSR count). The summed E-state index contributed by atoms with van der Waals surface area (Å²) in [6.45, 7) is 8.99. The van der Waals surface area contributed by atoms with E-state index in [1.807, 2.05) is 23.1 Å². The molecule has 1 fully saturated rings. The van der Waals surface area contributed by atoms with Gasteiger partial charge in [-0.1, -0.05) is 51.1 Å². The van der Waals surface area contributed by atoms with Crippen LogP contribution in [0.1, 0.15) is 32.5 Å². The Bertz CT molecular complexity index is 460. The first-order chi connectivity index (χ1) is 10.0. The molecule has 4 heteroatoms. The number of hydrogen-bond acceptors (Lipinski definition) is 3. The molecular weight excluding hydrogens is 262 g/mol. The van der Waals surface area contributed by atoms with Crippen molar-refractivity contribution in [1.82, 2.24) is 15.1 Å². The monoisotopic (exact) mass is 289 g/mol. The van der Waals surface area contributed by atoms with E-state index in [0.29, 0.717) is 5.92 Å². The molecule has 1 amide bonds. The maximum atomic E-state index is 12.7. The van der Waals surface area contributed by atoms with Crippen LogP contribution in [-0.2, 0) is 4.79 Å². The number of carbonyl (C=O) groups is 1. The van der Waals surface area contributed by atoms with Crippen molar-refractivity contribution < 1.29 is 4.79 Å². The summed E-state index contributed by atoms with van der Waals surface area (Å²) in [6.07, 6.45) is -0.00337. The average Bonchev–Trinajstić information content (AvgIpc) is 2.82. The van der Waals surface area contributed by atoms with Crippen LogP contribution in [0.25, 0.3) is 0 Å². The van der Waals surface area contributed by atoms with Crippen molar-refractivity contribution in [2.75, 3.05) is 26.7 Å². The van der Waals surface area contributed by atoms with E-state index in [2.05, 4.69) is 50.2 Å². The molecule has 0 saturated carbocycles. The van der Waals surface area contributed by atoms with Gasteiger partial charge in [0.05, 0.1) is 6.04 Å². The van der Waals surface area contributed by atoms with Gasteiger partial charge in [0.1, 0.15) is 6.17 Å². The predicted octanol–water partition coefficient (Wildman–Crippen LogP) is 2.09.